The molecule has 0 spiro atoms. The van der Waals surface area contributed by atoms with Crippen molar-refractivity contribution in [1.29, 1.82) is 0 Å². The molecule has 2 aromatic carbocycles. The normalized spacial score (nSPS) is 13.7. The van der Waals surface area contributed by atoms with E-state index in [0.29, 0.717) is 11.0 Å². The van der Waals surface area contributed by atoms with Crippen LogP contribution in [0.4, 0.5) is 13.2 Å². The smallest absolute Gasteiger partial charge is 0.439 e. The van der Waals surface area contributed by atoms with Crippen LogP contribution in [-0.4, -0.2) is 22.9 Å². The second-order valence-electron chi connectivity index (χ2n) is 6.42. The Hall–Kier alpha value is -2.91. The largest absolute Gasteiger partial charge is 0.491 e. The third-order valence-corrected chi connectivity index (χ3v) is 4.50. The Balaban J connectivity index is 1.78. The van der Waals surface area contributed by atoms with Crippen molar-refractivity contribution in [2.45, 2.75) is 19.7 Å². The maximum absolute atomic E-state index is 13.6. The third kappa shape index (κ3) is 3.34. The molecule has 2 heterocycles. The summed E-state index contributed by atoms with van der Waals surface area (Å²) < 4.78 is 51.4. The van der Waals surface area contributed by atoms with Crippen LogP contribution in [0.3, 0.4) is 0 Å². The second-order valence-corrected chi connectivity index (χ2v) is 6.42. The molecule has 0 fully saturated rings. The third-order valence-electron chi connectivity index (χ3n) is 4.50. The molecule has 28 heavy (non-hydrogen) atoms. The second kappa shape index (κ2) is 6.61. The first-order valence-corrected chi connectivity index (χ1v) is 8.35. The average molecular weight is 387 g/mol. The number of halogens is 3. The minimum absolute atomic E-state index is 0.0646. The van der Waals surface area contributed by atoms with Gasteiger partial charge in [-0.2, -0.15) is 13.2 Å². The molecule has 0 amide bonds. The van der Waals surface area contributed by atoms with Crippen molar-refractivity contribution in [2.75, 3.05) is 0 Å². The van der Waals surface area contributed by atoms with Gasteiger partial charge < -0.3 is 14.4 Å². The Kier molecular flexibility index (Phi) is 4.36. The Labute approximate surface area is 157 Å². The number of alkyl halides is 3. The van der Waals surface area contributed by atoms with E-state index in [1.54, 1.807) is 12.1 Å². The van der Waals surface area contributed by atoms with Gasteiger partial charge in [-0.15, -0.1) is 0 Å². The van der Waals surface area contributed by atoms with E-state index in [0.717, 1.165) is 6.07 Å². The lowest BCUT2D eigenvalue weighted by Gasteiger charge is -2.14. The molecule has 0 bridgehead atoms. The fourth-order valence-corrected chi connectivity index (χ4v) is 3.10. The topological polar surface area (TPSA) is 68.7 Å². The molecule has 9 heteroatoms. The van der Waals surface area contributed by atoms with E-state index < -0.39 is 18.9 Å². The Morgan fingerprint density at radius 1 is 1.21 bits per heavy atom. The van der Waals surface area contributed by atoms with Crippen LogP contribution in [0, 0.1) is 0 Å². The lowest BCUT2D eigenvalue weighted by molar-refractivity contribution is -0.136. The molecule has 4 rings (SSSR count). The van der Waals surface area contributed by atoms with E-state index in [-0.39, 0.29) is 40.5 Å². The van der Waals surface area contributed by atoms with Gasteiger partial charge in [0.05, 0.1) is 17.7 Å². The summed E-state index contributed by atoms with van der Waals surface area (Å²) in [5, 5.41) is 9.47. The predicted molar refractivity (Wildman–Crippen MR) is 95.7 cm³/mol. The monoisotopic (exact) mass is 387 g/mol. The molecule has 5 nitrogen and oxygen atoms in total. The number of rotatable bonds is 3. The molecule has 1 aliphatic rings. The fourth-order valence-electron chi connectivity index (χ4n) is 3.10. The highest BCUT2D eigenvalue weighted by molar-refractivity contribution is 6.61. The van der Waals surface area contributed by atoms with E-state index in [2.05, 4.69) is 4.98 Å². The highest BCUT2D eigenvalue weighted by Crippen LogP contribution is 2.37. The summed E-state index contributed by atoms with van der Waals surface area (Å²) in [5.74, 6) is -0.288. The van der Waals surface area contributed by atoms with Gasteiger partial charge in [-0.3, -0.25) is 4.79 Å². The van der Waals surface area contributed by atoms with Crippen molar-refractivity contribution in [2.24, 2.45) is 0 Å². The van der Waals surface area contributed by atoms with Crippen LogP contribution in [0.25, 0.3) is 10.9 Å². The molecule has 1 N–H and O–H groups in total. The number of hydrogen-bond donors (Lipinski definition) is 1. The zero-order valence-electron chi connectivity index (χ0n) is 14.6. The standard InChI is InChI=1S/C19H13BF3NO4/c1-10(25)11-2-5-17-14(7-11)15(19(21,22)23)8-18(24-17)28-13-3-4-16-12(6-13)9-27-20(16)26/h2-8,26H,9H2,1H3. The molecule has 0 aliphatic carbocycles. The summed E-state index contributed by atoms with van der Waals surface area (Å²) in [7, 11) is -1.02. The first kappa shape index (κ1) is 18.5. The maximum Gasteiger partial charge on any atom is 0.491 e. The van der Waals surface area contributed by atoms with E-state index in [4.69, 9.17) is 9.39 Å². The molecule has 142 valence electrons. The van der Waals surface area contributed by atoms with Gasteiger partial charge in [0.15, 0.2) is 5.78 Å². The van der Waals surface area contributed by atoms with Crippen molar-refractivity contribution < 1.29 is 32.4 Å². The molecule has 0 atom stereocenters. The van der Waals surface area contributed by atoms with E-state index >= 15 is 0 Å². The number of hydrogen-bond acceptors (Lipinski definition) is 5. The van der Waals surface area contributed by atoms with Gasteiger partial charge in [-0.25, -0.2) is 4.98 Å². The summed E-state index contributed by atoms with van der Waals surface area (Å²) in [6, 6.07) is 9.48. The molecule has 0 unspecified atom stereocenters. The predicted octanol–water partition coefficient (Wildman–Crippen LogP) is 3.47. The number of ether oxygens (including phenoxy) is 1. The van der Waals surface area contributed by atoms with Crippen molar-refractivity contribution in [3.63, 3.8) is 0 Å². The van der Waals surface area contributed by atoms with Crippen molar-refractivity contribution in [1.82, 2.24) is 4.98 Å². The molecule has 0 saturated carbocycles. The van der Waals surface area contributed by atoms with Crippen LogP contribution in [0.2, 0.25) is 0 Å². The summed E-state index contributed by atoms with van der Waals surface area (Å²) in [5.41, 5.74) is 0.579. The van der Waals surface area contributed by atoms with Crippen molar-refractivity contribution >= 4 is 29.3 Å². The fraction of sp³-hybridized carbons (Fsp3) is 0.158. The van der Waals surface area contributed by atoms with Crippen LogP contribution < -0.4 is 10.2 Å². The number of pyridine rings is 1. The minimum Gasteiger partial charge on any atom is -0.439 e. The molecule has 3 aromatic rings. The summed E-state index contributed by atoms with van der Waals surface area (Å²) in [4.78, 5) is 15.7. The first-order valence-electron chi connectivity index (χ1n) is 8.35. The zero-order chi connectivity index (χ0) is 20.1. The van der Waals surface area contributed by atoms with Crippen LogP contribution in [-0.2, 0) is 17.4 Å². The van der Waals surface area contributed by atoms with Crippen LogP contribution >= 0.6 is 0 Å². The van der Waals surface area contributed by atoms with Gasteiger partial charge in [-0.05, 0) is 48.3 Å². The van der Waals surface area contributed by atoms with Gasteiger partial charge in [0.25, 0.3) is 0 Å². The summed E-state index contributed by atoms with van der Waals surface area (Å²) in [6.45, 7) is 1.47. The molecular formula is C19H13BF3NO4. The number of fused-ring (bicyclic) bond motifs is 2. The number of nitrogens with zero attached hydrogens (tertiary/aromatic N) is 1. The number of aromatic nitrogens is 1. The van der Waals surface area contributed by atoms with Crippen molar-refractivity contribution in [3.8, 4) is 11.6 Å². The van der Waals surface area contributed by atoms with E-state index in [1.807, 2.05) is 0 Å². The van der Waals surface area contributed by atoms with Gasteiger partial charge in [-0.1, -0.05) is 6.07 Å². The van der Waals surface area contributed by atoms with E-state index in [9.17, 15) is 23.0 Å². The summed E-state index contributed by atoms with van der Waals surface area (Å²) >= 11 is 0. The minimum atomic E-state index is -4.65. The molecule has 1 aliphatic heterocycles. The lowest BCUT2D eigenvalue weighted by Crippen LogP contribution is -2.27. The Bertz CT molecular complexity index is 1100. The van der Waals surface area contributed by atoms with Gasteiger partial charge in [0.2, 0.25) is 5.88 Å². The van der Waals surface area contributed by atoms with Gasteiger partial charge in [0, 0.05) is 17.0 Å². The molecule has 1 aromatic heterocycles. The number of carbonyl (C=O) groups is 1. The van der Waals surface area contributed by atoms with Crippen LogP contribution in [0.15, 0.2) is 42.5 Å². The summed E-state index contributed by atoms with van der Waals surface area (Å²) in [6.07, 6.45) is -4.65. The molecule has 0 saturated heterocycles. The van der Waals surface area contributed by atoms with Crippen LogP contribution in [0.5, 0.6) is 11.6 Å². The molecule has 0 radical (unpaired) electrons. The maximum atomic E-state index is 13.6. The van der Waals surface area contributed by atoms with Gasteiger partial charge >= 0.3 is 13.3 Å². The van der Waals surface area contributed by atoms with Crippen LogP contribution in [0.1, 0.15) is 28.4 Å². The average Bonchev–Trinajstić information content (AvgIpc) is 3.00. The number of benzene rings is 2. The Morgan fingerprint density at radius 3 is 2.71 bits per heavy atom. The number of Topliss-reactive ketones (excluding diaryl/α,β-unsaturated/α-hetero) is 1. The Morgan fingerprint density at radius 2 is 2.00 bits per heavy atom. The van der Waals surface area contributed by atoms with E-state index in [1.165, 1.54) is 31.2 Å². The molecular weight excluding hydrogens is 374 g/mol. The van der Waals surface area contributed by atoms with Crippen molar-refractivity contribution in [3.05, 3.63) is 59.2 Å². The quantitative estimate of drug-likeness (QED) is 0.551. The van der Waals surface area contributed by atoms with Gasteiger partial charge in [0.1, 0.15) is 5.75 Å². The zero-order valence-corrected chi connectivity index (χ0v) is 14.6. The highest BCUT2D eigenvalue weighted by Gasteiger charge is 2.34. The first-order chi connectivity index (χ1) is 13.2. The SMILES string of the molecule is CC(=O)c1ccc2nc(Oc3ccc4c(c3)COB4O)cc(C(F)(F)F)c2c1. The highest BCUT2D eigenvalue weighted by atomic mass is 19.4. The number of ketones is 1. The number of carbonyl (C=O) groups excluding carboxylic acids is 1. The lowest BCUT2D eigenvalue weighted by atomic mass is 9.80.